The molecule has 0 saturated carbocycles. The van der Waals surface area contributed by atoms with Crippen molar-refractivity contribution in [1.29, 1.82) is 0 Å². The van der Waals surface area contributed by atoms with Gasteiger partial charge in [-0.05, 0) is 5.92 Å². The van der Waals surface area contributed by atoms with Crippen LogP contribution in [0.5, 0.6) is 0 Å². The summed E-state index contributed by atoms with van der Waals surface area (Å²) in [7, 11) is 0.0628. The van der Waals surface area contributed by atoms with Crippen molar-refractivity contribution >= 4 is 16.8 Å². The van der Waals surface area contributed by atoms with Gasteiger partial charge in [0, 0.05) is 23.7 Å². The van der Waals surface area contributed by atoms with Crippen molar-refractivity contribution in [3.63, 3.8) is 0 Å². The zero-order valence-corrected chi connectivity index (χ0v) is 8.97. The molecule has 1 N–H and O–H groups in total. The molecule has 0 fully saturated rings. The van der Waals surface area contributed by atoms with Crippen LogP contribution >= 0.6 is 0 Å². The fourth-order valence-corrected chi connectivity index (χ4v) is 2.26. The first-order valence-electron chi connectivity index (χ1n) is 4.08. The molecule has 0 bridgehead atoms. The van der Waals surface area contributed by atoms with Crippen LogP contribution in [0.3, 0.4) is 0 Å². The lowest BCUT2D eigenvalue weighted by molar-refractivity contribution is -0.137. The van der Waals surface area contributed by atoms with Gasteiger partial charge in [-0.25, -0.2) is 0 Å². The Balaban J connectivity index is 4.20. The monoisotopic (exact) mass is 208 g/mol. The van der Waals surface area contributed by atoms with Gasteiger partial charge >= 0.3 is 5.97 Å². The van der Waals surface area contributed by atoms with Gasteiger partial charge < -0.3 is 9.84 Å². The maximum atomic E-state index is 11.4. The first-order chi connectivity index (χ1) is 5.99. The molecule has 0 aromatic rings. The Hall–Kier alpha value is -0.420. The standard InChI is InChI=1S/C8H16O4S/c1-6(2)5-13(11)7(4-12-3)8(9)10/h6-7H,4-5H2,1-3H3,(H,9,10). The molecule has 0 radical (unpaired) electrons. The van der Waals surface area contributed by atoms with Crippen molar-refractivity contribution in [2.24, 2.45) is 5.92 Å². The maximum Gasteiger partial charge on any atom is 0.321 e. The molecule has 5 heteroatoms. The molecule has 0 rings (SSSR count). The van der Waals surface area contributed by atoms with Gasteiger partial charge in [0.25, 0.3) is 0 Å². The van der Waals surface area contributed by atoms with Crippen LogP contribution < -0.4 is 0 Å². The third kappa shape index (κ3) is 5.00. The Bertz CT molecular complexity index is 191. The van der Waals surface area contributed by atoms with E-state index in [0.717, 1.165) is 0 Å². The van der Waals surface area contributed by atoms with Gasteiger partial charge in [-0.15, -0.1) is 0 Å². The summed E-state index contributed by atoms with van der Waals surface area (Å²) in [5.74, 6) is -0.416. The highest BCUT2D eigenvalue weighted by molar-refractivity contribution is 7.86. The van der Waals surface area contributed by atoms with E-state index in [9.17, 15) is 9.00 Å². The molecule has 2 unspecified atom stereocenters. The first-order valence-corrected chi connectivity index (χ1v) is 5.46. The van der Waals surface area contributed by atoms with E-state index in [0.29, 0.717) is 5.75 Å². The Labute approximate surface area is 80.7 Å². The number of hydrogen-bond acceptors (Lipinski definition) is 3. The van der Waals surface area contributed by atoms with Gasteiger partial charge in [0.15, 0.2) is 5.25 Å². The summed E-state index contributed by atoms with van der Waals surface area (Å²) in [5, 5.41) is 7.82. The lowest BCUT2D eigenvalue weighted by Gasteiger charge is -2.12. The second-order valence-corrected chi connectivity index (χ2v) is 4.89. The van der Waals surface area contributed by atoms with E-state index in [-0.39, 0.29) is 12.5 Å². The quantitative estimate of drug-likeness (QED) is 0.690. The molecule has 0 spiro atoms. The zero-order valence-electron chi connectivity index (χ0n) is 8.15. The summed E-state index contributed by atoms with van der Waals surface area (Å²) in [6.07, 6.45) is 0. The molecular weight excluding hydrogens is 192 g/mol. The molecule has 0 heterocycles. The molecule has 0 amide bonds. The average molecular weight is 208 g/mol. The molecule has 78 valence electrons. The Morgan fingerprint density at radius 1 is 1.54 bits per heavy atom. The van der Waals surface area contributed by atoms with Crippen LogP contribution in [0.4, 0.5) is 0 Å². The molecular formula is C8H16O4S. The SMILES string of the molecule is COCC(C(=O)O)S(=O)CC(C)C. The van der Waals surface area contributed by atoms with E-state index in [1.165, 1.54) is 7.11 Å². The second kappa shape index (κ2) is 6.10. The fourth-order valence-electron chi connectivity index (χ4n) is 0.856. The van der Waals surface area contributed by atoms with Crippen LogP contribution in [0, 0.1) is 5.92 Å². The number of carboxylic acid groups (broad SMARTS) is 1. The topological polar surface area (TPSA) is 63.6 Å². The van der Waals surface area contributed by atoms with E-state index < -0.39 is 22.0 Å². The highest BCUT2D eigenvalue weighted by Gasteiger charge is 2.24. The van der Waals surface area contributed by atoms with Crippen LogP contribution in [-0.2, 0) is 20.3 Å². The minimum absolute atomic E-state index is 0.00860. The summed E-state index contributed by atoms with van der Waals surface area (Å²) >= 11 is 0. The van der Waals surface area contributed by atoms with Crippen LogP contribution in [0.25, 0.3) is 0 Å². The van der Waals surface area contributed by atoms with Gasteiger partial charge in [-0.2, -0.15) is 0 Å². The molecule has 0 aliphatic carbocycles. The Morgan fingerprint density at radius 3 is 2.38 bits per heavy atom. The summed E-state index contributed by atoms with van der Waals surface area (Å²) < 4.78 is 16.1. The zero-order chi connectivity index (χ0) is 10.4. The van der Waals surface area contributed by atoms with E-state index in [2.05, 4.69) is 0 Å². The summed E-state index contributed by atoms with van der Waals surface area (Å²) in [6.45, 7) is 3.82. The van der Waals surface area contributed by atoms with Gasteiger partial charge in [-0.3, -0.25) is 9.00 Å². The largest absolute Gasteiger partial charge is 0.480 e. The van der Waals surface area contributed by atoms with Gasteiger partial charge in [0.1, 0.15) is 0 Å². The van der Waals surface area contributed by atoms with E-state index in [1.807, 2.05) is 13.8 Å². The van der Waals surface area contributed by atoms with Gasteiger partial charge in [-0.1, -0.05) is 13.8 Å². The molecule has 0 aromatic carbocycles. The molecule has 0 aliphatic heterocycles. The average Bonchev–Trinajstić information content (AvgIpc) is 1.97. The Kier molecular flexibility index (Phi) is 5.90. The number of ether oxygens (including phenoxy) is 1. The minimum atomic E-state index is -1.34. The van der Waals surface area contributed by atoms with Crippen LogP contribution in [0.1, 0.15) is 13.8 Å². The predicted molar refractivity (Wildman–Crippen MR) is 51.1 cm³/mol. The van der Waals surface area contributed by atoms with Crippen molar-refractivity contribution in [2.75, 3.05) is 19.5 Å². The highest BCUT2D eigenvalue weighted by atomic mass is 32.2. The molecule has 0 saturated heterocycles. The predicted octanol–water partition coefficient (Wildman–Crippen LogP) is 0.491. The summed E-state index contributed by atoms with van der Waals surface area (Å²) in [5.41, 5.74) is 0. The smallest absolute Gasteiger partial charge is 0.321 e. The number of hydrogen-bond donors (Lipinski definition) is 1. The molecule has 4 nitrogen and oxygen atoms in total. The highest BCUT2D eigenvalue weighted by Crippen LogP contribution is 2.04. The Morgan fingerprint density at radius 2 is 2.08 bits per heavy atom. The van der Waals surface area contributed by atoms with Crippen LogP contribution in [-0.4, -0.2) is 40.0 Å². The van der Waals surface area contributed by atoms with Crippen LogP contribution in [0.2, 0.25) is 0 Å². The number of aliphatic carboxylic acids is 1. The van der Waals surface area contributed by atoms with Crippen molar-refractivity contribution in [3.8, 4) is 0 Å². The maximum absolute atomic E-state index is 11.4. The number of rotatable bonds is 6. The molecule has 13 heavy (non-hydrogen) atoms. The lowest BCUT2D eigenvalue weighted by Crippen LogP contribution is -2.32. The molecule has 0 aliphatic rings. The second-order valence-electron chi connectivity index (χ2n) is 3.22. The minimum Gasteiger partial charge on any atom is -0.480 e. The first kappa shape index (κ1) is 12.6. The van der Waals surface area contributed by atoms with Crippen molar-refractivity contribution < 1.29 is 18.8 Å². The third-order valence-electron chi connectivity index (χ3n) is 1.41. The number of methoxy groups -OCH3 is 1. The fraction of sp³-hybridized carbons (Fsp3) is 0.875. The van der Waals surface area contributed by atoms with Crippen molar-refractivity contribution in [2.45, 2.75) is 19.1 Å². The van der Waals surface area contributed by atoms with E-state index >= 15 is 0 Å². The van der Waals surface area contributed by atoms with Gasteiger partial charge in [0.05, 0.1) is 6.61 Å². The van der Waals surface area contributed by atoms with E-state index in [1.54, 1.807) is 0 Å². The third-order valence-corrected chi connectivity index (χ3v) is 3.38. The molecule has 2 atom stereocenters. The van der Waals surface area contributed by atoms with Gasteiger partial charge in [0.2, 0.25) is 0 Å². The summed E-state index contributed by atoms with van der Waals surface area (Å²) in [6, 6.07) is 0. The van der Waals surface area contributed by atoms with Crippen molar-refractivity contribution in [3.05, 3.63) is 0 Å². The van der Waals surface area contributed by atoms with Crippen molar-refractivity contribution in [1.82, 2.24) is 0 Å². The van der Waals surface area contributed by atoms with Crippen LogP contribution in [0.15, 0.2) is 0 Å². The summed E-state index contributed by atoms with van der Waals surface area (Å²) in [4.78, 5) is 10.6. The number of carbonyl (C=O) groups is 1. The lowest BCUT2D eigenvalue weighted by atomic mass is 10.3. The van der Waals surface area contributed by atoms with E-state index in [4.69, 9.17) is 9.84 Å². The normalized spacial score (nSPS) is 15.7. The molecule has 0 aromatic heterocycles. The number of carboxylic acids is 1.